The van der Waals surface area contributed by atoms with E-state index in [1.165, 1.54) is 32.1 Å². The van der Waals surface area contributed by atoms with E-state index in [4.69, 9.17) is 9.05 Å². The average molecular weight is 188 g/mol. The van der Waals surface area contributed by atoms with E-state index in [2.05, 4.69) is 0 Å². The molecule has 1 heterocycles. The molecule has 1 aliphatic heterocycles. The van der Waals surface area contributed by atoms with Crippen LogP contribution in [0.3, 0.4) is 0 Å². The molecule has 0 aromatic rings. The Balaban J connectivity index is 1.80. The maximum atomic E-state index is 5.66. The van der Waals surface area contributed by atoms with Gasteiger partial charge >= 0.3 is 0 Å². The minimum absolute atomic E-state index is 0.490. The van der Waals surface area contributed by atoms with Gasteiger partial charge in [-0.15, -0.1) is 0 Å². The lowest BCUT2D eigenvalue weighted by atomic mass is 10.0. The SMILES string of the molecule is C1CCC(P2OCCCO2)CC1. The summed E-state index contributed by atoms with van der Waals surface area (Å²) in [4.78, 5) is 0. The van der Waals surface area contributed by atoms with Crippen molar-refractivity contribution in [1.82, 2.24) is 0 Å². The molecule has 0 unspecified atom stereocenters. The first-order valence-electron chi connectivity index (χ1n) is 5.02. The second-order valence-corrected chi connectivity index (χ2v) is 5.41. The van der Waals surface area contributed by atoms with Gasteiger partial charge in [0, 0.05) is 5.66 Å². The summed E-state index contributed by atoms with van der Waals surface area (Å²) >= 11 is 0. The molecule has 0 spiro atoms. The topological polar surface area (TPSA) is 18.5 Å². The van der Waals surface area contributed by atoms with Crippen molar-refractivity contribution >= 4 is 8.38 Å². The third-order valence-corrected chi connectivity index (χ3v) is 4.59. The molecule has 1 saturated heterocycles. The molecule has 2 fully saturated rings. The van der Waals surface area contributed by atoms with Gasteiger partial charge in [-0.2, -0.15) is 0 Å². The van der Waals surface area contributed by atoms with Crippen molar-refractivity contribution in [3.05, 3.63) is 0 Å². The summed E-state index contributed by atoms with van der Waals surface area (Å²) in [5.41, 5.74) is 0.758. The van der Waals surface area contributed by atoms with Crippen LogP contribution in [-0.4, -0.2) is 18.9 Å². The van der Waals surface area contributed by atoms with E-state index in [9.17, 15) is 0 Å². The van der Waals surface area contributed by atoms with Gasteiger partial charge in [0.25, 0.3) is 0 Å². The molecule has 1 saturated carbocycles. The fraction of sp³-hybridized carbons (Fsp3) is 1.00. The lowest BCUT2D eigenvalue weighted by molar-refractivity contribution is 0.173. The zero-order chi connectivity index (χ0) is 8.23. The van der Waals surface area contributed by atoms with Gasteiger partial charge in [-0.1, -0.05) is 19.3 Å². The molecular formula is C9H17O2P. The molecule has 1 aliphatic carbocycles. The van der Waals surface area contributed by atoms with Crippen molar-refractivity contribution in [3.8, 4) is 0 Å². The van der Waals surface area contributed by atoms with Gasteiger partial charge in [0.05, 0.1) is 13.2 Å². The van der Waals surface area contributed by atoms with Gasteiger partial charge in [0.1, 0.15) is 0 Å². The Morgan fingerprint density at radius 1 is 0.833 bits per heavy atom. The predicted octanol–water partition coefficient (Wildman–Crippen LogP) is 3.07. The van der Waals surface area contributed by atoms with Gasteiger partial charge in [0.15, 0.2) is 8.38 Å². The molecule has 70 valence electrons. The van der Waals surface area contributed by atoms with Crippen LogP contribution in [0.4, 0.5) is 0 Å². The van der Waals surface area contributed by atoms with Gasteiger partial charge in [0.2, 0.25) is 0 Å². The molecular weight excluding hydrogens is 171 g/mol. The minimum atomic E-state index is -0.490. The molecule has 0 amide bonds. The molecule has 0 N–H and O–H groups in total. The zero-order valence-electron chi connectivity index (χ0n) is 7.50. The summed E-state index contributed by atoms with van der Waals surface area (Å²) in [5, 5.41) is 0. The Hall–Kier alpha value is 0.350. The summed E-state index contributed by atoms with van der Waals surface area (Å²) in [5.74, 6) is 0. The molecule has 2 aliphatic rings. The molecule has 12 heavy (non-hydrogen) atoms. The van der Waals surface area contributed by atoms with E-state index in [1.807, 2.05) is 0 Å². The molecule has 0 atom stereocenters. The summed E-state index contributed by atoms with van der Waals surface area (Å²) in [6.07, 6.45) is 7.95. The summed E-state index contributed by atoms with van der Waals surface area (Å²) < 4.78 is 11.3. The second-order valence-electron chi connectivity index (χ2n) is 3.60. The molecule has 3 heteroatoms. The van der Waals surface area contributed by atoms with Crippen LogP contribution in [0, 0.1) is 0 Å². The molecule has 0 bridgehead atoms. The van der Waals surface area contributed by atoms with Crippen molar-refractivity contribution in [2.24, 2.45) is 0 Å². The van der Waals surface area contributed by atoms with Crippen LogP contribution in [0.5, 0.6) is 0 Å². The molecule has 2 nitrogen and oxygen atoms in total. The quantitative estimate of drug-likeness (QED) is 0.589. The van der Waals surface area contributed by atoms with Gasteiger partial charge in [-0.3, -0.25) is 0 Å². The summed E-state index contributed by atoms with van der Waals surface area (Å²) in [7, 11) is -0.490. The summed E-state index contributed by atoms with van der Waals surface area (Å²) in [6, 6.07) is 0. The Kier molecular flexibility index (Phi) is 3.38. The average Bonchev–Trinajstić information content (AvgIpc) is 2.21. The van der Waals surface area contributed by atoms with Crippen LogP contribution in [0.15, 0.2) is 0 Å². The first kappa shape index (κ1) is 8.93. The normalized spacial score (nSPS) is 29.0. The van der Waals surface area contributed by atoms with E-state index in [-0.39, 0.29) is 0 Å². The predicted molar refractivity (Wildman–Crippen MR) is 50.3 cm³/mol. The fourth-order valence-corrected chi connectivity index (χ4v) is 3.81. The van der Waals surface area contributed by atoms with Crippen LogP contribution in [-0.2, 0) is 9.05 Å². The lowest BCUT2D eigenvalue weighted by Crippen LogP contribution is -2.17. The largest absolute Gasteiger partial charge is 0.334 e. The van der Waals surface area contributed by atoms with Crippen LogP contribution in [0.1, 0.15) is 38.5 Å². The highest BCUT2D eigenvalue weighted by Crippen LogP contribution is 2.51. The standard InChI is InChI=1S/C9H17O2P/c1-2-5-9(6-3-1)12-10-7-4-8-11-12/h9H,1-8H2. The second kappa shape index (κ2) is 4.55. The Morgan fingerprint density at radius 3 is 2.17 bits per heavy atom. The number of rotatable bonds is 1. The third-order valence-electron chi connectivity index (χ3n) is 2.60. The Morgan fingerprint density at radius 2 is 1.50 bits per heavy atom. The fourth-order valence-electron chi connectivity index (χ4n) is 1.91. The van der Waals surface area contributed by atoms with Crippen LogP contribution >= 0.6 is 8.38 Å². The first-order chi connectivity index (χ1) is 5.97. The number of hydrogen-bond acceptors (Lipinski definition) is 2. The Labute approximate surface area is 75.5 Å². The van der Waals surface area contributed by atoms with Crippen molar-refractivity contribution in [2.75, 3.05) is 13.2 Å². The molecule has 0 radical (unpaired) electrons. The highest BCUT2D eigenvalue weighted by Gasteiger charge is 2.27. The van der Waals surface area contributed by atoms with E-state index in [0.717, 1.165) is 25.3 Å². The van der Waals surface area contributed by atoms with Gasteiger partial charge in [-0.05, 0) is 19.3 Å². The molecule has 0 aromatic carbocycles. The summed E-state index contributed by atoms with van der Waals surface area (Å²) in [6.45, 7) is 1.87. The van der Waals surface area contributed by atoms with E-state index in [0.29, 0.717) is 0 Å². The van der Waals surface area contributed by atoms with E-state index < -0.39 is 8.38 Å². The highest BCUT2D eigenvalue weighted by atomic mass is 31.2. The van der Waals surface area contributed by atoms with Crippen LogP contribution in [0.25, 0.3) is 0 Å². The first-order valence-corrected chi connectivity index (χ1v) is 6.26. The molecule has 2 rings (SSSR count). The monoisotopic (exact) mass is 188 g/mol. The third kappa shape index (κ3) is 2.18. The zero-order valence-corrected chi connectivity index (χ0v) is 8.39. The van der Waals surface area contributed by atoms with Crippen LogP contribution < -0.4 is 0 Å². The maximum Gasteiger partial charge on any atom is 0.173 e. The van der Waals surface area contributed by atoms with Crippen molar-refractivity contribution in [2.45, 2.75) is 44.2 Å². The highest BCUT2D eigenvalue weighted by molar-refractivity contribution is 7.48. The smallest absolute Gasteiger partial charge is 0.173 e. The number of hydrogen-bond donors (Lipinski definition) is 0. The lowest BCUT2D eigenvalue weighted by Gasteiger charge is -2.31. The Bertz CT molecular complexity index is 112. The van der Waals surface area contributed by atoms with Crippen LogP contribution in [0.2, 0.25) is 0 Å². The van der Waals surface area contributed by atoms with E-state index >= 15 is 0 Å². The van der Waals surface area contributed by atoms with Crippen molar-refractivity contribution in [1.29, 1.82) is 0 Å². The van der Waals surface area contributed by atoms with Crippen molar-refractivity contribution < 1.29 is 9.05 Å². The van der Waals surface area contributed by atoms with Crippen molar-refractivity contribution in [3.63, 3.8) is 0 Å². The minimum Gasteiger partial charge on any atom is -0.334 e. The van der Waals surface area contributed by atoms with E-state index in [1.54, 1.807) is 0 Å². The maximum absolute atomic E-state index is 5.66. The van der Waals surface area contributed by atoms with Gasteiger partial charge < -0.3 is 9.05 Å². The molecule has 0 aromatic heterocycles. The van der Waals surface area contributed by atoms with Gasteiger partial charge in [-0.25, -0.2) is 0 Å².